The fraction of sp³-hybridized carbons (Fsp3) is 0.647. The molecule has 0 aromatic carbocycles. The van der Waals surface area contributed by atoms with Crippen molar-refractivity contribution in [2.24, 2.45) is 10.4 Å². The standard InChI is InChI=1S/C17H28N4O2.HI/c1-6-18-15(21-12-16(2,3)17(21,4)5)20-10-9-19-14(22)13-8-7-11-23-13;/h7-8,11H,6,9-10,12H2,1-5H3,(H,18,20)(H,19,22);1H. The van der Waals surface area contributed by atoms with Crippen LogP contribution in [0.25, 0.3) is 0 Å². The molecule has 2 heterocycles. The second kappa shape index (κ2) is 8.22. The highest BCUT2D eigenvalue weighted by molar-refractivity contribution is 14.0. The van der Waals surface area contributed by atoms with Crippen LogP contribution < -0.4 is 10.6 Å². The minimum absolute atomic E-state index is 0. The Morgan fingerprint density at radius 2 is 2.04 bits per heavy atom. The molecular formula is C17H29IN4O2. The molecule has 1 aromatic rings. The van der Waals surface area contributed by atoms with Crippen LogP contribution in [0.4, 0.5) is 0 Å². The fourth-order valence-corrected chi connectivity index (χ4v) is 2.62. The summed E-state index contributed by atoms with van der Waals surface area (Å²) in [5.74, 6) is 1.02. The summed E-state index contributed by atoms with van der Waals surface area (Å²) in [6.07, 6.45) is 1.49. The molecule has 136 valence electrons. The molecule has 1 aromatic heterocycles. The first-order valence-electron chi connectivity index (χ1n) is 8.17. The van der Waals surface area contributed by atoms with Crippen LogP contribution in [0.1, 0.15) is 45.2 Å². The summed E-state index contributed by atoms with van der Waals surface area (Å²) in [5, 5.41) is 6.15. The molecule has 7 heteroatoms. The van der Waals surface area contributed by atoms with Crippen molar-refractivity contribution >= 4 is 35.8 Å². The van der Waals surface area contributed by atoms with Gasteiger partial charge in [0.15, 0.2) is 11.7 Å². The predicted octanol–water partition coefficient (Wildman–Crippen LogP) is 2.71. The monoisotopic (exact) mass is 448 g/mol. The number of carbonyl (C=O) groups excluding carboxylic acids is 1. The van der Waals surface area contributed by atoms with E-state index in [0.717, 1.165) is 19.0 Å². The van der Waals surface area contributed by atoms with Gasteiger partial charge in [0.1, 0.15) is 0 Å². The lowest BCUT2D eigenvalue weighted by Gasteiger charge is -2.62. The summed E-state index contributed by atoms with van der Waals surface area (Å²) in [6, 6.07) is 3.34. The normalized spacial score (nSPS) is 18.4. The van der Waals surface area contributed by atoms with Gasteiger partial charge in [-0.1, -0.05) is 13.8 Å². The van der Waals surface area contributed by atoms with Gasteiger partial charge in [-0.25, -0.2) is 0 Å². The Kier molecular flexibility index (Phi) is 7.12. The van der Waals surface area contributed by atoms with Crippen LogP contribution in [0, 0.1) is 5.41 Å². The Morgan fingerprint density at radius 3 is 2.54 bits per heavy atom. The molecular weight excluding hydrogens is 419 g/mol. The third kappa shape index (κ3) is 4.23. The highest BCUT2D eigenvalue weighted by atomic mass is 127. The summed E-state index contributed by atoms with van der Waals surface area (Å²) in [6.45, 7) is 13.9. The van der Waals surface area contributed by atoms with E-state index >= 15 is 0 Å². The highest BCUT2D eigenvalue weighted by Crippen LogP contribution is 2.46. The molecule has 24 heavy (non-hydrogen) atoms. The maximum atomic E-state index is 11.8. The molecule has 6 nitrogen and oxygen atoms in total. The van der Waals surface area contributed by atoms with E-state index in [9.17, 15) is 4.79 Å². The number of hydrogen-bond donors (Lipinski definition) is 2. The Balaban J connectivity index is 0.00000288. The van der Waals surface area contributed by atoms with Gasteiger partial charge < -0.3 is 20.0 Å². The molecule has 0 radical (unpaired) electrons. The molecule has 1 amide bonds. The van der Waals surface area contributed by atoms with E-state index in [1.165, 1.54) is 6.26 Å². The highest BCUT2D eigenvalue weighted by Gasteiger charge is 2.53. The van der Waals surface area contributed by atoms with Crippen molar-refractivity contribution in [3.05, 3.63) is 24.2 Å². The van der Waals surface area contributed by atoms with E-state index in [0.29, 0.717) is 18.8 Å². The fourth-order valence-electron chi connectivity index (χ4n) is 2.62. The summed E-state index contributed by atoms with van der Waals surface area (Å²) in [7, 11) is 0. The topological polar surface area (TPSA) is 69.9 Å². The van der Waals surface area contributed by atoms with E-state index in [1.54, 1.807) is 12.1 Å². The number of guanidine groups is 1. The number of likely N-dealkylation sites (tertiary alicyclic amines) is 1. The lowest BCUT2D eigenvalue weighted by atomic mass is 9.65. The number of aliphatic imine (C=N–C) groups is 1. The Bertz CT molecular complexity index is 567. The van der Waals surface area contributed by atoms with Gasteiger partial charge in [0.25, 0.3) is 5.91 Å². The molecule has 1 saturated heterocycles. The van der Waals surface area contributed by atoms with Crippen LogP contribution in [-0.4, -0.2) is 48.5 Å². The lowest BCUT2D eigenvalue weighted by molar-refractivity contribution is -0.0667. The zero-order valence-electron chi connectivity index (χ0n) is 15.2. The van der Waals surface area contributed by atoms with Gasteiger partial charge in [-0.3, -0.25) is 9.79 Å². The van der Waals surface area contributed by atoms with Crippen molar-refractivity contribution in [3.63, 3.8) is 0 Å². The maximum Gasteiger partial charge on any atom is 0.287 e. The van der Waals surface area contributed by atoms with E-state index in [4.69, 9.17) is 4.42 Å². The van der Waals surface area contributed by atoms with Gasteiger partial charge in [-0.05, 0) is 32.9 Å². The van der Waals surface area contributed by atoms with E-state index in [2.05, 4.69) is 55.1 Å². The predicted molar refractivity (Wildman–Crippen MR) is 107 cm³/mol. The van der Waals surface area contributed by atoms with Crippen LogP contribution >= 0.6 is 24.0 Å². The Labute approximate surface area is 161 Å². The van der Waals surface area contributed by atoms with Crippen molar-refractivity contribution in [1.82, 2.24) is 15.5 Å². The van der Waals surface area contributed by atoms with Gasteiger partial charge in [-0.2, -0.15) is 0 Å². The molecule has 2 N–H and O–H groups in total. The van der Waals surface area contributed by atoms with Crippen molar-refractivity contribution in [3.8, 4) is 0 Å². The van der Waals surface area contributed by atoms with E-state index < -0.39 is 0 Å². The number of amides is 1. The molecule has 0 atom stereocenters. The van der Waals surface area contributed by atoms with Crippen molar-refractivity contribution in [1.29, 1.82) is 0 Å². The minimum atomic E-state index is -0.208. The number of nitrogens with zero attached hydrogens (tertiary/aromatic N) is 2. The largest absolute Gasteiger partial charge is 0.459 e. The first-order chi connectivity index (χ1) is 10.8. The zero-order chi connectivity index (χ0) is 17.1. The third-order valence-electron chi connectivity index (χ3n) is 4.88. The number of rotatable bonds is 5. The Morgan fingerprint density at radius 1 is 1.33 bits per heavy atom. The number of halogens is 1. The van der Waals surface area contributed by atoms with Gasteiger partial charge in [0, 0.05) is 30.6 Å². The minimum Gasteiger partial charge on any atom is -0.459 e. The lowest BCUT2D eigenvalue weighted by Crippen LogP contribution is -2.72. The van der Waals surface area contributed by atoms with Gasteiger partial charge in [0.05, 0.1) is 12.8 Å². The average Bonchev–Trinajstić information content (AvgIpc) is 3.02. The number of carbonyl (C=O) groups is 1. The van der Waals surface area contributed by atoms with Crippen LogP contribution in [-0.2, 0) is 0 Å². The zero-order valence-corrected chi connectivity index (χ0v) is 17.5. The molecule has 1 fully saturated rings. The smallest absolute Gasteiger partial charge is 0.287 e. The number of hydrogen-bond acceptors (Lipinski definition) is 3. The quantitative estimate of drug-likeness (QED) is 0.315. The molecule has 0 saturated carbocycles. The summed E-state index contributed by atoms with van der Waals surface area (Å²) < 4.78 is 5.06. The van der Waals surface area contributed by atoms with Crippen molar-refractivity contribution < 1.29 is 9.21 Å². The summed E-state index contributed by atoms with van der Waals surface area (Å²) >= 11 is 0. The second-order valence-electron chi connectivity index (χ2n) is 7.00. The summed E-state index contributed by atoms with van der Waals surface area (Å²) in [4.78, 5) is 18.7. The van der Waals surface area contributed by atoms with Crippen LogP contribution in [0.2, 0.25) is 0 Å². The van der Waals surface area contributed by atoms with Crippen LogP contribution in [0.3, 0.4) is 0 Å². The molecule has 1 aliphatic rings. The van der Waals surface area contributed by atoms with Crippen molar-refractivity contribution in [2.45, 2.75) is 40.2 Å². The van der Waals surface area contributed by atoms with Crippen LogP contribution in [0.15, 0.2) is 27.8 Å². The van der Waals surface area contributed by atoms with Gasteiger partial charge in [-0.15, -0.1) is 24.0 Å². The molecule has 2 rings (SSSR count). The molecule has 0 spiro atoms. The first-order valence-corrected chi connectivity index (χ1v) is 8.17. The number of nitrogens with one attached hydrogen (secondary N) is 2. The Hall–Kier alpha value is -1.25. The van der Waals surface area contributed by atoms with Crippen molar-refractivity contribution in [2.75, 3.05) is 26.2 Å². The number of furan rings is 1. The van der Waals surface area contributed by atoms with Crippen LogP contribution in [0.5, 0.6) is 0 Å². The van der Waals surface area contributed by atoms with E-state index in [-0.39, 0.29) is 40.8 Å². The maximum absolute atomic E-state index is 11.8. The summed E-state index contributed by atoms with van der Waals surface area (Å²) in [5.41, 5.74) is 0.322. The first kappa shape index (κ1) is 20.8. The molecule has 0 unspecified atom stereocenters. The third-order valence-corrected chi connectivity index (χ3v) is 4.88. The SMILES string of the molecule is CCNC(=NCCNC(=O)c1ccco1)N1CC(C)(C)C1(C)C.I. The van der Waals surface area contributed by atoms with Gasteiger partial charge >= 0.3 is 0 Å². The second-order valence-corrected chi connectivity index (χ2v) is 7.00. The molecule has 0 bridgehead atoms. The van der Waals surface area contributed by atoms with Gasteiger partial charge in [0.2, 0.25) is 0 Å². The van der Waals surface area contributed by atoms with E-state index in [1.807, 2.05) is 0 Å². The average molecular weight is 448 g/mol. The molecule has 0 aliphatic carbocycles. The molecule has 1 aliphatic heterocycles.